The number of aliphatic hydroxyl groups is 1. The number of nitrogens with zero attached hydrogens (tertiary/aromatic N) is 1. The van der Waals surface area contributed by atoms with E-state index in [2.05, 4.69) is 12.1 Å². The predicted octanol–water partition coefficient (Wildman–Crippen LogP) is 2.21. The number of amides is 1. The minimum Gasteiger partial charge on any atom is -0.388 e. The molecule has 3 heteroatoms. The lowest BCUT2D eigenvalue weighted by Gasteiger charge is -2.26. The summed E-state index contributed by atoms with van der Waals surface area (Å²) < 4.78 is 0. The highest BCUT2D eigenvalue weighted by molar-refractivity contribution is 5.98. The van der Waals surface area contributed by atoms with Gasteiger partial charge in [-0.2, -0.15) is 0 Å². The molecule has 0 saturated heterocycles. The Morgan fingerprint density at radius 2 is 1.83 bits per heavy atom. The molecule has 2 heterocycles. The van der Waals surface area contributed by atoms with Crippen LogP contribution in [0.1, 0.15) is 43.1 Å². The molecular weight excluding hydrogens is 226 g/mol. The van der Waals surface area contributed by atoms with Crippen LogP contribution in [0.4, 0.5) is 5.69 Å². The Hall–Kier alpha value is -1.35. The predicted molar refractivity (Wildman–Crippen MR) is 70.6 cm³/mol. The molecule has 0 aromatic heterocycles. The van der Waals surface area contributed by atoms with Gasteiger partial charge in [0.1, 0.15) is 0 Å². The van der Waals surface area contributed by atoms with Crippen molar-refractivity contribution < 1.29 is 9.90 Å². The molecular formula is C15H19NO2. The van der Waals surface area contributed by atoms with E-state index in [1.54, 1.807) is 0 Å². The first-order valence-electron chi connectivity index (χ1n) is 6.72. The van der Waals surface area contributed by atoms with E-state index < -0.39 is 6.10 Å². The van der Waals surface area contributed by atoms with Crippen LogP contribution < -0.4 is 4.90 Å². The van der Waals surface area contributed by atoms with Crippen LogP contribution in [0.5, 0.6) is 0 Å². The molecule has 0 spiro atoms. The molecule has 96 valence electrons. The fraction of sp³-hybridized carbons (Fsp3) is 0.533. The molecule has 2 aliphatic heterocycles. The topological polar surface area (TPSA) is 40.5 Å². The maximum Gasteiger partial charge on any atom is 0.227 e. The van der Waals surface area contributed by atoms with Gasteiger partial charge in [0.15, 0.2) is 0 Å². The van der Waals surface area contributed by atoms with Crippen molar-refractivity contribution in [2.45, 2.75) is 39.2 Å². The molecule has 0 radical (unpaired) electrons. The number of aliphatic hydroxyl groups excluding tert-OH is 1. The zero-order chi connectivity index (χ0) is 12.9. The number of anilines is 1. The Kier molecular flexibility index (Phi) is 2.67. The lowest BCUT2D eigenvalue weighted by molar-refractivity contribution is -0.118. The number of benzene rings is 1. The quantitative estimate of drug-likeness (QED) is 0.868. The van der Waals surface area contributed by atoms with Crippen LogP contribution in [0.2, 0.25) is 0 Å². The Morgan fingerprint density at radius 1 is 1.17 bits per heavy atom. The molecule has 0 fully saturated rings. The second kappa shape index (κ2) is 4.09. The summed E-state index contributed by atoms with van der Waals surface area (Å²) in [6, 6.07) is 4.18. The zero-order valence-corrected chi connectivity index (χ0v) is 10.9. The molecule has 1 N–H and O–H groups in total. The van der Waals surface area contributed by atoms with E-state index in [1.807, 2.05) is 18.7 Å². The van der Waals surface area contributed by atoms with Gasteiger partial charge >= 0.3 is 0 Å². The molecule has 2 aliphatic rings. The van der Waals surface area contributed by atoms with Gasteiger partial charge in [0.2, 0.25) is 5.91 Å². The molecule has 1 aromatic carbocycles. The largest absolute Gasteiger partial charge is 0.388 e. The van der Waals surface area contributed by atoms with Crippen molar-refractivity contribution in [3.05, 3.63) is 28.8 Å². The summed E-state index contributed by atoms with van der Waals surface area (Å²) in [5.41, 5.74) is 4.61. The Labute approximate surface area is 107 Å². The number of hydrogen-bond donors (Lipinski definition) is 1. The van der Waals surface area contributed by atoms with Crippen LogP contribution in [0, 0.1) is 5.92 Å². The first kappa shape index (κ1) is 11.7. The standard InChI is InChI=1S/C15H19NO2/c1-9(2)15(18)12-7-10-3-4-13(17)16-6-5-11(8-12)14(10)16/h7-9,15,18H,3-6H2,1-2H3. The molecule has 18 heavy (non-hydrogen) atoms. The van der Waals surface area contributed by atoms with Crippen LogP contribution in [-0.4, -0.2) is 17.6 Å². The Morgan fingerprint density at radius 3 is 2.50 bits per heavy atom. The average molecular weight is 245 g/mol. The van der Waals surface area contributed by atoms with E-state index in [-0.39, 0.29) is 11.8 Å². The number of carbonyl (C=O) groups is 1. The van der Waals surface area contributed by atoms with E-state index in [9.17, 15) is 9.90 Å². The minimum atomic E-state index is -0.404. The van der Waals surface area contributed by atoms with Crippen LogP contribution in [0.3, 0.4) is 0 Å². The van der Waals surface area contributed by atoms with Gasteiger partial charge < -0.3 is 10.0 Å². The smallest absolute Gasteiger partial charge is 0.227 e. The Balaban J connectivity index is 2.07. The van der Waals surface area contributed by atoms with Crippen LogP contribution in [-0.2, 0) is 17.6 Å². The summed E-state index contributed by atoms with van der Waals surface area (Å²) in [6.45, 7) is 4.86. The Bertz CT molecular complexity index is 507. The normalized spacial score (nSPS) is 19.3. The molecule has 0 bridgehead atoms. The highest BCUT2D eigenvalue weighted by atomic mass is 16.3. The van der Waals surface area contributed by atoms with Gasteiger partial charge in [-0.05, 0) is 35.4 Å². The molecule has 1 unspecified atom stereocenters. The van der Waals surface area contributed by atoms with Crippen LogP contribution in [0.25, 0.3) is 0 Å². The van der Waals surface area contributed by atoms with Crippen molar-refractivity contribution in [2.75, 3.05) is 11.4 Å². The summed E-state index contributed by atoms with van der Waals surface area (Å²) in [5.74, 6) is 0.469. The summed E-state index contributed by atoms with van der Waals surface area (Å²) in [5, 5.41) is 10.2. The maximum atomic E-state index is 11.8. The van der Waals surface area contributed by atoms with Crippen molar-refractivity contribution >= 4 is 11.6 Å². The van der Waals surface area contributed by atoms with E-state index in [0.29, 0.717) is 6.42 Å². The van der Waals surface area contributed by atoms with Gasteiger partial charge in [-0.25, -0.2) is 0 Å². The van der Waals surface area contributed by atoms with Crippen LogP contribution >= 0.6 is 0 Å². The minimum absolute atomic E-state index is 0.220. The van der Waals surface area contributed by atoms with Gasteiger partial charge in [0.05, 0.1) is 11.8 Å². The van der Waals surface area contributed by atoms with Crippen molar-refractivity contribution in [3.63, 3.8) is 0 Å². The first-order chi connectivity index (χ1) is 8.58. The van der Waals surface area contributed by atoms with E-state index in [4.69, 9.17) is 0 Å². The lowest BCUT2D eigenvalue weighted by atomic mass is 9.91. The highest BCUT2D eigenvalue weighted by Crippen LogP contribution is 2.39. The third-order valence-electron chi connectivity index (χ3n) is 4.05. The van der Waals surface area contributed by atoms with Gasteiger partial charge in [-0.15, -0.1) is 0 Å². The second-order valence-electron chi connectivity index (χ2n) is 5.67. The van der Waals surface area contributed by atoms with Crippen molar-refractivity contribution in [1.29, 1.82) is 0 Å². The van der Waals surface area contributed by atoms with Crippen LogP contribution in [0.15, 0.2) is 12.1 Å². The number of aryl methyl sites for hydroxylation is 1. The summed E-state index contributed by atoms with van der Waals surface area (Å²) >= 11 is 0. The van der Waals surface area contributed by atoms with Gasteiger partial charge in [0.25, 0.3) is 0 Å². The maximum absolute atomic E-state index is 11.8. The van der Waals surface area contributed by atoms with Crippen molar-refractivity contribution in [2.24, 2.45) is 5.92 Å². The fourth-order valence-electron chi connectivity index (χ4n) is 3.04. The SMILES string of the molecule is CC(C)C(O)c1cc2c3c(c1)CCN3C(=O)CC2. The molecule has 1 aromatic rings. The van der Waals surface area contributed by atoms with E-state index >= 15 is 0 Å². The van der Waals surface area contributed by atoms with Gasteiger partial charge in [0, 0.05) is 13.0 Å². The average Bonchev–Trinajstić information content (AvgIpc) is 2.78. The summed E-state index contributed by atoms with van der Waals surface area (Å²) in [6.07, 6.45) is 1.94. The van der Waals surface area contributed by atoms with E-state index in [0.717, 1.165) is 30.6 Å². The van der Waals surface area contributed by atoms with Gasteiger partial charge in [-0.1, -0.05) is 26.0 Å². The molecule has 0 saturated carbocycles. The molecule has 1 amide bonds. The summed E-state index contributed by atoms with van der Waals surface area (Å²) in [7, 11) is 0. The summed E-state index contributed by atoms with van der Waals surface area (Å²) in [4.78, 5) is 13.7. The molecule has 3 nitrogen and oxygen atoms in total. The number of rotatable bonds is 2. The van der Waals surface area contributed by atoms with Gasteiger partial charge in [-0.3, -0.25) is 4.79 Å². The zero-order valence-electron chi connectivity index (χ0n) is 10.9. The fourth-order valence-corrected chi connectivity index (χ4v) is 3.04. The van der Waals surface area contributed by atoms with Crippen molar-refractivity contribution in [1.82, 2.24) is 0 Å². The first-order valence-corrected chi connectivity index (χ1v) is 6.72. The number of carbonyl (C=O) groups excluding carboxylic acids is 1. The van der Waals surface area contributed by atoms with E-state index in [1.165, 1.54) is 11.1 Å². The number of hydrogen-bond acceptors (Lipinski definition) is 2. The monoisotopic (exact) mass is 245 g/mol. The highest BCUT2D eigenvalue weighted by Gasteiger charge is 2.32. The molecule has 0 aliphatic carbocycles. The molecule has 1 atom stereocenters. The third-order valence-corrected chi connectivity index (χ3v) is 4.05. The van der Waals surface area contributed by atoms with Crippen molar-refractivity contribution in [3.8, 4) is 0 Å². The molecule has 3 rings (SSSR count). The second-order valence-corrected chi connectivity index (χ2v) is 5.67. The lowest BCUT2D eigenvalue weighted by Crippen LogP contribution is -2.32. The third kappa shape index (κ3) is 1.65.